The molecule has 3 amide bonds. The first kappa shape index (κ1) is 57.4. The Kier molecular flexibility index (Phi) is 34.4. The molecule has 1 aliphatic heterocycles. The van der Waals surface area contributed by atoms with Crippen LogP contribution in [0.1, 0.15) is 232 Å². The summed E-state index contributed by atoms with van der Waals surface area (Å²) in [6, 6.07) is 6.92. The van der Waals surface area contributed by atoms with Crippen LogP contribution in [0.4, 0.5) is 4.79 Å². The molecule has 370 valence electrons. The third-order valence-corrected chi connectivity index (χ3v) is 13.0. The molecule has 6 atom stereocenters. The van der Waals surface area contributed by atoms with Crippen LogP contribution >= 0.6 is 0 Å². The van der Waals surface area contributed by atoms with Gasteiger partial charge in [0.2, 0.25) is 11.8 Å². The van der Waals surface area contributed by atoms with Crippen molar-refractivity contribution in [2.45, 2.75) is 269 Å². The summed E-state index contributed by atoms with van der Waals surface area (Å²) < 4.78 is 11.5. The minimum absolute atomic E-state index is 0.0305. The fourth-order valence-corrected chi connectivity index (χ4v) is 8.83. The minimum atomic E-state index is -1.54. The van der Waals surface area contributed by atoms with Gasteiger partial charge in [-0.25, -0.2) is 4.79 Å². The average Bonchev–Trinajstić information content (AvgIpc) is 3.30. The van der Waals surface area contributed by atoms with Crippen LogP contribution in [0.15, 0.2) is 30.3 Å². The van der Waals surface area contributed by atoms with E-state index in [-0.39, 0.29) is 12.5 Å². The van der Waals surface area contributed by atoms with Crippen LogP contribution in [-0.2, 0) is 25.7 Å². The summed E-state index contributed by atoms with van der Waals surface area (Å²) in [4.78, 5) is 41.8. The highest BCUT2D eigenvalue weighted by molar-refractivity contribution is 5.85. The van der Waals surface area contributed by atoms with Crippen molar-refractivity contribution in [1.82, 2.24) is 15.5 Å². The summed E-state index contributed by atoms with van der Waals surface area (Å²) >= 11 is 0. The van der Waals surface area contributed by atoms with Crippen molar-refractivity contribution in [1.29, 1.82) is 0 Å². The van der Waals surface area contributed by atoms with Gasteiger partial charge in [0.1, 0.15) is 37.0 Å². The normalized spacial score (nSPS) is 19.0. The van der Waals surface area contributed by atoms with Crippen molar-refractivity contribution in [3.8, 4) is 0 Å². The summed E-state index contributed by atoms with van der Waals surface area (Å²) in [6.07, 6.45) is 32.4. The number of alkyl carbamates (subject to hydrolysis) is 1. The molecule has 0 aliphatic carbocycles. The Morgan fingerprint density at radius 1 is 0.625 bits per heavy atom. The van der Waals surface area contributed by atoms with Crippen LogP contribution in [-0.4, -0.2) is 87.9 Å². The highest BCUT2D eigenvalue weighted by Gasteiger charge is 2.48. The lowest BCUT2D eigenvalue weighted by Gasteiger charge is -2.47. The Hall–Kier alpha value is -2.73. The van der Waals surface area contributed by atoms with E-state index < -0.39 is 55.2 Å². The maximum Gasteiger partial charge on any atom is 0.408 e. The minimum Gasteiger partial charge on any atom is -0.445 e. The first-order valence-corrected chi connectivity index (χ1v) is 26.4. The lowest BCUT2D eigenvalue weighted by molar-refractivity contribution is -0.231. The Morgan fingerprint density at radius 2 is 1.05 bits per heavy atom. The van der Waals surface area contributed by atoms with E-state index in [1.54, 1.807) is 4.90 Å². The fraction of sp³-hybridized carbons (Fsp3) is 0.830. The summed E-state index contributed by atoms with van der Waals surface area (Å²) in [6.45, 7) is 5.83. The van der Waals surface area contributed by atoms with Gasteiger partial charge in [0.15, 0.2) is 6.23 Å². The van der Waals surface area contributed by atoms with Gasteiger partial charge in [-0.3, -0.25) is 9.59 Å². The molecule has 11 nitrogen and oxygen atoms in total. The van der Waals surface area contributed by atoms with Crippen LogP contribution in [0.3, 0.4) is 0 Å². The molecule has 0 bridgehead atoms. The first-order valence-electron chi connectivity index (χ1n) is 26.4. The number of aliphatic hydroxyl groups excluding tert-OH is 3. The lowest BCUT2D eigenvalue weighted by Crippen LogP contribution is -2.69. The maximum absolute atomic E-state index is 14.1. The number of aliphatic hydroxyl groups is 3. The molecule has 1 aliphatic rings. The molecule has 0 radical (unpaired) electrons. The number of carbonyl (C=O) groups is 3. The predicted octanol–water partition coefficient (Wildman–Crippen LogP) is 11.6. The Balaban J connectivity index is 1.92. The predicted molar refractivity (Wildman–Crippen MR) is 260 cm³/mol. The van der Waals surface area contributed by atoms with Gasteiger partial charge in [0, 0.05) is 13.0 Å². The molecule has 1 aromatic carbocycles. The number of amides is 3. The Labute approximate surface area is 390 Å². The van der Waals surface area contributed by atoms with E-state index in [4.69, 9.17) is 9.47 Å². The second kappa shape index (κ2) is 38.4. The van der Waals surface area contributed by atoms with Crippen molar-refractivity contribution in [3.05, 3.63) is 35.9 Å². The SMILES string of the molecule is CCCCCCCCCCCCCCCCCCN(C(=O)CCCCCCCCCCCCCCCCC)[C@@H]1O[C@H](CO)[C@H](O)[C@H](O)[C@H]1NC(=O)[C@H](C)NC(=O)OCc1ccccc1. The Morgan fingerprint density at radius 3 is 1.48 bits per heavy atom. The van der Waals surface area contributed by atoms with Gasteiger partial charge in [0.25, 0.3) is 0 Å². The fourth-order valence-electron chi connectivity index (χ4n) is 8.83. The maximum atomic E-state index is 14.1. The molecule has 1 fully saturated rings. The van der Waals surface area contributed by atoms with Gasteiger partial charge < -0.3 is 40.3 Å². The number of ether oxygens (including phenoxy) is 2. The van der Waals surface area contributed by atoms with Crippen LogP contribution in [0.25, 0.3) is 0 Å². The molecular weight excluding hydrogens is 807 g/mol. The molecule has 2 rings (SSSR count). The number of unbranched alkanes of at least 4 members (excludes halogenated alkanes) is 29. The quantitative estimate of drug-likeness (QED) is 0.0407. The zero-order valence-electron chi connectivity index (χ0n) is 40.9. The molecule has 0 aromatic heterocycles. The smallest absolute Gasteiger partial charge is 0.408 e. The molecule has 1 aromatic rings. The monoisotopic (exact) mass is 902 g/mol. The summed E-state index contributed by atoms with van der Waals surface area (Å²) in [5.74, 6) is -0.781. The molecular formula is C53H95N3O8. The van der Waals surface area contributed by atoms with Gasteiger partial charge in [0.05, 0.1) is 6.61 Å². The highest BCUT2D eigenvalue weighted by Crippen LogP contribution is 2.26. The van der Waals surface area contributed by atoms with Crippen molar-refractivity contribution < 1.29 is 39.2 Å². The van der Waals surface area contributed by atoms with E-state index >= 15 is 0 Å². The summed E-state index contributed by atoms with van der Waals surface area (Å²) in [5, 5.41) is 37.7. The topological polar surface area (TPSA) is 158 Å². The number of rotatable bonds is 40. The van der Waals surface area contributed by atoms with Gasteiger partial charge in [-0.05, 0) is 25.3 Å². The van der Waals surface area contributed by atoms with E-state index in [1.165, 1.54) is 155 Å². The number of hydrogen-bond donors (Lipinski definition) is 5. The Bertz CT molecular complexity index is 1290. The molecule has 0 unspecified atom stereocenters. The number of nitrogens with zero attached hydrogens (tertiary/aromatic N) is 1. The molecule has 64 heavy (non-hydrogen) atoms. The van der Waals surface area contributed by atoms with Crippen LogP contribution in [0.2, 0.25) is 0 Å². The number of nitrogens with one attached hydrogen (secondary N) is 2. The second-order valence-corrected chi connectivity index (χ2v) is 18.8. The highest BCUT2D eigenvalue weighted by atomic mass is 16.6. The van der Waals surface area contributed by atoms with Crippen molar-refractivity contribution in [2.24, 2.45) is 0 Å². The molecule has 5 N–H and O–H groups in total. The van der Waals surface area contributed by atoms with E-state index in [9.17, 15) is 29.7 Å². The van der Waals surface area contributed by atoms with E-state index in [2.05, 4.69) is 24.5 Å². The van der Waals surface area contributed by atoms with Gasteiger partial charge in [-0.2, -0.15) is 0 Å². The van der Waals surface area contributed by atoms with Crippen LogP contribution in [0, 0.1) is 0 Å². The van der Waals surface area contributed by atoms with Crippen molar-refractivity contribution in [3.63, 3.8) is 0 Å². The standard InChI is InChI=1S/C53H95N3O8/c1-4-6-8-10-12-14-16-18-20-22-24-26-28-30-32-37-41-56(47(58)40-36-31-29-27-25-23-21-19-17-15-13-11-9-7-5-2)52-48(50(60)49(59)46(42-57)64-52)55-51(61)44(3)54-53(62)63-43-45-38-34-33-35-39-45/h33-35,38-39,44,46,48-50,52,57,59-60H,4-32,36-37,40-43H2,1-3H3,(H,54,62)(H,55,61)/t44-,46+,48+,49-,50+,52+/m0/s1. The van der Waals surface area contributed by atoms with Crippen molar-refractivity contribution >= 4 is 17.9 Å². The largest absolute Gasteiger partial charge is 0.445 e. The molecule has 11 heteroatoms. The lowest BCUT2D eigenvalue weighted by atomic mass is 9.94. The first-order chi connectivity index (χ1) is 31.2. The third kappa shape index (κ3) is 26.4. The molecule has 0 saturated carbocycles. The van der Waals surface area contributed by atoms with E-state index in [0.717, 1.165) is 56.9 Å². The molecule has 1 heterocycles. The zero-order valence-corrected chi connectivity index (χ0v) is 40.9. The number of carbonyl (C=O) groups excluding carboxylic acids is 3. The summed E-state index contributed by atoms with van der Waals surface area (Å²) in [5.41, 5.74) is 0.797. The van der Waals surface area contributed by atoms with Gasteiger partial charge >= 0.3 is 6.09 Å². The summed E-state index contributed by atoms with van der Waals surface area (Å²) in [7, 11) is 0. The number of benzene rings is 1. The van der Waals surface area contributed by atoms with Gasteiger partial charge in [-0.1, -0.05) is 230 Å². The second-order valence-electron chi connectivity index (χ2n) is 18.8. The third-order valence-electron chi connectivity index (χ3n) is 13.0. The van der Waals surface area contributed by atoms with Crippen LogP contribution in [0.5, 0.6) is 0 Å². The molecule has 1 saturated heterocycles. The van der Waals surface area contributed by atoms with Crippen LogP contribution < -0.4 is 10.6 Å². The number of hydrogen-bond acceptors (Lipinski definition) is 8. The zero-order chi connectivity index (χ0) is 46.5. The van der Waals surface area contributed by atoms with Crippen molar-refractivity contribution in [2.75, 3.05) is 13.2 Å². The average molecular weight is 902 g/mol. The molecule has 0 spiro atoms. The van der Waals surface area contributed by atoms with E-state index in [0.29, 0.717) is 13.0 Å². The van der Waals surface area contributed by atoms with Gasteiger partial charge in [-0.15, -0.1) is 0 Å². The van der Waals surface area contributed by atoms with E-state index in [1.807, 2.05) is 30.3 Å².